The van der Waals surface area contributed by atoms with E-state index in [4.69, 9.17) is 14.2 Å². The van der Waals surface area contributed by atoms with Crippen molar-refractivity contribution in [1.29, 1.82) is 0 Å². The molecule has 0 bridgehead atoms. The molecule has 0 saturated carbocycles. The maximum Gasteiger partial charge on any atom is 0.310 e. The van der Waals surface area contributed by atoms with Crippen LogP contribution in [-0.4, -0.2) is 46.3 Å². The van der Waals surface area contributed by atoms with Gasteiger partial charge in [-0.1, -0.05) is 45.2 Å². The summed E-state index contributed by atoms with van der Waals surface area (Å²) in [6.07, 6.45) is 6.65. The van der Waals surface area contributed by atoms with E-state index in [0.717, 1.165) is 54.3 Å². The lowest BCUT2D eigenvalue weighted by molar-refractivity contribution is -0.143. The lowest BCUT2D eigenvalue weighted by atomic mass is 10.1. The highest BCUT2D eigenvalue weighted by Gasteiger charge is 2.12. The van der Waals surface area contributed by atoms with Crippen molar-refractivity contribution in [2.24, 2.45) is 0 Å². The van der Waals surface area contributed by atoms with Gasteiger partial charge in [-0.3, -0.25) is 14.1 Å². The Morgan fingerprint density at radius 1 is 0.735 bits per heavy atom. The van der Waals surface area contributed by atoms with Crippen LogP contribution in [0, 0.1) is 0 Å². The third-order valence-electron chi connectivity index (χ3n) is 5.22. The molecule has 0 fully saturated rings. The number of ether oxygens (including phenoxy) is 3. The predicted molar refractivity (Wildman–Crippen MR) is 138 cm³/mol. The number of rotatable bonds is 14. The molecule has 0 atom stereocenters. The highest BCUT2D eigenvalue weighted by molar-refractivity contribution is 5.72. The Labute approximate surface area is 205 Å². The van der Waals surface area contributed by atoms with E-state index in [2.05, 4.69) is 33.3 Å². The molecule has 188 valence electrons. The van der Waals surface area contributed by atoms with Gasteiger partial charge < -0.3 is 14.2 Å². The number of hydrogen-bond acceptors (Lipinski definition) is 5. The third-order valence-corrected chi connectivity index (χ3v) is 5.22. The molecule has 34 heavy (non-hydrogen) atoms. The number of carbonyl (C=O) groups excluding carboxylic acids is 2. The molecular formula is C28H42NO5+. The molecule has 0 aliphatic heterocycles. The first-order chi connectivity index (χ1) is 15.7. The van der Waals surface area contributed by atoms with Crippen LogP contribution in [0.2, 0.25) is 0 Å². The molecule has 0 saturated heterocycles. The van der Waals surface area contributed by atoms with E-state index >= 15 is 0 Å². The molecule has 6 nitrogen and oxygen atoms in total. The Balaban J connectivity index is 0.00000578. The van der Waals surface area contributed by atoms with E-state index in [9.17, 15) is 9.59 Å². The van der Waals surface area contributed by atoms with Crippen molar-refractivity contribution in [1.82, 2.24) is 4.48 Å². The average molecular weight is 473 g/mol. The Morgan fingerprint density at radius 2 is 1.26 bits per heavy atom. The number of quaternary nitrogens is 1. The highest BCUT2D eigenvalue weighted by atomic mass is 16.5. The van der Waals surface area contributed by atoms with Crippen LogP contribution in [0.15, 0.2) is 48.5 Å². The van der Waals surface area contributed by atoms with Crippen molar-refractivity contribution >= 4 is 17.6 Å². The second kappa shape index (κ2) is 15.1. The minimum absolute atomic E-state index is 0. The van der Waals surface area contributed by atoms with Gasteiger partial charge in [-0.2, -0.15) is 0 Å². The normalized spacial score (nSPS) is 10.8. The van der Waals surface area contributed by atoms with Crippen LogP contribution in [0.25, 0.3) is 0 Å². The van der Waals surface area contributed by atoms with Crippen molar-refractivity contribution in [3.8, 4) is 11.5 Å². The summed E-state index contributed by atoms with van der Waals surface area (Å²) in [7, 11) is 6.35. The minimum atomic E-state index is -0.330. The summed E-state index contributed by atoms with van der Waals surface area (Å²) in [4.78, 5) is 22.9. The highest BCUT2D eigenvalue weighted by Crippen LogP contribution is 2.19. The molecule has 0 aromatic heterocycles. The summed E-state index contributed by atoms with van der Waals surface area (Å²) in [6.45, 7) is 2.53. The van der Waals surface area contributed by atoms with Crippen LogP contribution in [0.1, 0.15) is 58.4 Å². The molecule has 0 aliphatic carbocycles. The zero-order valence-corrected chi connectivity index (χ0v) is 20.5. The van der Waals surface area contributed by atoms with Gasteiger partial charge in [0.05, 0.1) is 40.8 Å². The SMILES string of the molecule is C.CC(=O)Oc1ccc(OCCCCCCCCOC(=O)Cc2ccc([N+](C)(C)C)cc2)cc1. The fourth-order valence-corrected chi connectivity index (χ4v) is 3.34. The van der Waals surface area contributed by atoms with Crippen LogP contribution in [0.3, 0.4) is 0 Å². The van der Waals surface area contributed by atoms with Gasteiger partial charge in [0.1, 0.15) is 17.2 Å². The molecule has 0 unspecified atom stereocenters. The molecule has 0 spiro atoms. The smallest absolute Gasteiger partial charge is 0.310 e. The van der Waals surface area contributed by atoms with Crippen molar-refractivity contribution in [2.75, 3.05) is 34.4 Å². The monoisotopic (exact) mass is 472 g/mol. The lowest BCUT2D eigenvalue weighted by Crippen LogP contribution is -2.34. The van der Waals surface area contributed by atoms with Crippen LogP contribution in [0.5, 0.6) is 11.5 Å². The molecule has 2 aromatic rings. The largest absolute Gasteiger partial charge is 0.494 e. The first-order valence-electron chi connectivity index (χ1n) is 11.7. The predicted octanol–water partition coefficient (Wildman–Crippen LogP) is 5.95. The van der Waals surface area contributed by atoms with Crippen molar-refractivity contribution in [3.63, 3.8) is 0 Å². The third kappa shape index (κ3) is 11.8. The number of benzene rings is 2. The second-order valence-corrected chi connectivity index (χ2v) is 9.11. The van der Waals surface area contributed by atoms with Crippen LogP contribution < -0.4 is 14.0 Å². The average Bonchev–Trinajstić information content (AvgIpc) is 2.75. The fraction of sp³-hybridized carbons (Fsp3) is 0.500. The number of unbranched alkanes of at least 4 members (excludes halogenated alkanes) is 5. The first kappa shape index (κ1) is 29.2. The van der Waals surface area contributed by atoms with E-state index in [-0.39, 0.29) is 19.4 Å². The van der Waals surface area contributed by atoms with Crippen LogP contribution in [0.4, 0.5) is 5.69 Å². The molecule has 0 N–H and O–H groups in total. The van der Waals surface area contributed by atoms with Gasteiger partial charge in [0, 0.05) is 6.92 Å². The van der Waals surface area contributed by atoms with Gasteiger partial charge in [-0.25, -0.2) is 0 Å². The number of carbonyl (C=O) groups is 2. The Hall–Kier alpha value is -2.86. The molecule has 6 heteroatoms. The van der Waals surface area contributed by atoms with Gasteiger partial charge in [-0.15, -0.1) is 0 Å². The summed E-state index contributed by atoms with van der Waals surface area (Å²) in [5.74, 6) is 0.806. The topological polar surface area (TPSA) is 61.8 Å². The quantitative estimate of drug-likeness (QED) is 0.147. The van der Waals surface area contributed by atoms with E-state index in [1.807, 2.05) is 12.1 Å². The summed E-state index contributed by atoms with van der Waals surface area (Å²) in [5.41, 5.74) is 2.19. The maximum absolute atomic E-state index is 12.0. The molecule has 2 rings (SSSR count). The first-order valence-corrected chi connectivity index (χ1v) is 11.7. The van der Waals surface area contributed by atoms with E-state index in [1.54, 1.807) is 24.3 Å². The lowest BCUT2D eigenvalue weighted by Gasteiger charge is -2.23. The fourth-order valence-electron chi connectivity index (χ4n) is 3.34. The van der Waals surface area contributed by atoms with Gasteiger partial charge in [-0.05, 0) is 54.8 Å². The summed E-state index contributed by atoms with van der Waals surface area (Å²) >= 11 is 0. The minimum Gasteiger partial charge on any atom is -0.494 e. The van der Waals surface area contributed by atoms with Crippen molar-refractivity contribution in [3.05, 3.63) is 54.1 Å². The molecule has 0 aliphatic rings. The van der Waals surface area contributed by atoms with Gasteiger partial charge >= 0.3 is 11.9 Å². The van der Waals surface area contributed by atoms with Crippen LogP contribution in [-0.2, 0) is 20.7 Å². The summed E-state index contributed by atoms with van der Waals surface area (Å²) in [5, 5.41) is 0. The van der Waals surface area contributed by atoms with Gasteiger partial charge in [0.2, 0.25) is 0 Å². The zero-order chi connectivity index (χ0) is 24.1. The standard InChI is InChI=1S/C27H38NO5.CH4/c1-22(29)33-26-17-15-25(16-18-26)31-19-9-7-5-6-8-10-20-32-27(30)21-23-11-13-24(14-12-23)28(2,3)4;/h11-18H,5-10,19-21H2,1-4H3;1H4/q+1;. The maximum atomic E-state index is 12.0. The van der Waals surface area contributed by atoms with E-state index in [0.29, 0.717) is 25.4 Å². The molecule has 0 radical (unpaired) electrons. The van der Waals surface area contributed by atoms with Gasteiger partial charge in [0.15, 0.2) is 0 Å². The second-order valence-electron chi connectivity index (χ2n) is 9.11. The number of hydrogen-bond donors (Lipinski definition) is 0. The molecular weight excluding hydrogens is 430 g/mol. The Kier molecular flexibility index (Phi) is 13.0. The summed E-state index contributed by atoms with van der Waals surface area (Å²) in [6, 6.07) is 15.2. The number of nitrogens with zero attached hydrogens (tertiary/aromatic N) is 1. The van der Waals surface area contributed by atoms with Crippen molar-refractivity contribution < 1.29 is 23.8 Å². The number of esters is 2. The van der Waals surface area contributed by atoms with Crippen molar-refractivity contribution in [2.45, 2.75) is 59.3 Å². The molecule has 0 heterocycles. The molecule has 2 aromatic carbocycles. The Bertz CT molecular complexity index is 854. The van der Waals surface area contributed by atoms with Gasteiger partial charge in [0.25, 0.3) is 0 Å². The van der Waals surface area contributed by atoms with Crippen LogP contribution >= 0.6 is 0 Å². The molecule has 0 amide bonds. The Morgan fingerprint density at radius 3 is 1.82 bits per heavy atom. The summed E-state index contributed by atoms with van der Waals surface area (Å²) < 4.78 is 16.8. The van der Waals surface area contributed by atoms with E-state index < -0.39 is 0 Å². The van der Waals surface area contributed by atoms with E-state index in [1.165, 1.54) is 12.6 Å². The zero-order valence-electron chi connectivity index (χ0n) is 20.5.